The van der Waals surface area contributed by atoms with Crippen LogP contribution in [0.5, 0.6) is 0 Å². The first-order valence-electron chi connectivity index (χ1n) is 5.89. The van der Waals surface area contributed by atoms with Gasteiger partial charge in [-0.15, -0.1) is 6.58 Å². The van der Waals surface area contributed by atoms with E-state index in [-0.39, 0.29) is 0 Å². The fraction of sp³-hybridized carbons (Fsp3) is 0.846. The first-order chi connectivity index (χ1) is 6.55. The van der Waals surface area contributed by atoms with Crippen LogP contribution in [0.2, 0.25) is 0 Å². The minimum absolute atomic E-state index is 0.566. The van der Waals surface area contributed by atoms with Crippen molar-refractivity contribution < 1.29 is 0 Å². The van der Waals surface area contributed by atoms with Crippen molar-refractivity contribution in [3.05, 3.63) is 12.7 Å². The molecule has 0 aromatic rings. The van der Waals surface area contributed by atoms with E-state index in [1.807, 2.05) is 6.08 Å². The van der Waals surface area contributed by atoms with E-state index < -0.39 is 0 Å². The molecular formula is C13H25N. The predicted molar refractivity (Wildman–Crippen MR) is 63.4 cm³/mol. The summed E-state index contributed by atoms with van der Waals surface area (Å²) in [4.78, 5) is 0. The Kier molecular flexibility index (Phi) is 4.18. The minimum atomic E-state index is 0.566. The minimum Gasteiger partial charge on any atom is -0.313 e. The van der Waals surface area contributed by atoms with Gasteiger partial charge in [-0.3, -0.25) is 0 Å². The van der Waals surface area contributed by atoms with Gasteiger partial charge in [0.2, 0.25) is 0 Å². The molecule has 1 N–H and O–H groups in total. The van der Waals surface area contributed by atoms with Crippen LogP contribution in [0.15, 0.2) is 12.7 Å². The summed E-state index contributed by atoms with van der Waals surface area (Å²) in [7, 11) is 0. The van der Waals surface area contributed by atoms with Gasteiger partial charge in [0, 0.05) is 6.04 Å². The van der Waals surface area contributed by atoms with Crippen molar-refractivity contribution in [2.75, 3.05) is 6.54 Å². The van der Waals surface area contributed by atoms with E-state index in [9.17, 15) is 0 Å². The fourth-order valence-electron chi connectivity index (χ4n) is 2.62. The Hall–Kier alpha value is -0.300. The third-order valence-electron chi connectivity index (χ3n) is 3.45. The number of nitrogens with one attached hydrogen (secondary N) is 1. The predicted octanol–water partition coefficient (Wildman–Crippen LogP) is 3.37. The van der Waals surface area contributed by atoms with Crippen LogP contribution in [0.4, 0.5) is 0 Å². The molecule has 1 heteroatoms. The molecule has 2 atom stereocenters. The van der Waals surface area contributed by atoms with Crippen molar-refractivity contribution in [3.8, 4) is 0 Å². The third kappa shape index (κ3) is 3.45. The van der Waals surface area contributed by atoms with Gasteiger partial charge in [0.25, 0.3) is 0 Å². The lowest BCUT2D eigenvalue weighted by Gasteiger charge is -2.39. The number of rotatable bonds is 4. The molecule has 1 nitrogen and oxygen atoms in total. The van der Waals surface area contributed by atoms with Crippen LogP contribution in [0, 0.1) is 11.3 Å². The van der Waals surface area contributed by atoms with Crippen LogP contribution >= 0.6 is 0 Å². The van der Waals surface area contributed by atoms with Gasteiger partial charge in [0.15, 0.2) is 0 Å². The summed E-state index contributed by atoms with van der Waals surface area (Å²) in [5.41, 5.74) is 0.566. The van der Waals surface area contributed by atoms with Crippen molar-refractivity contribution in [2.24, 2.45) is 11.3 Å². The molecule has 1 aliphatic rings. The highest BCUT2D eigenvalue weighted by Gasteiger charge is 2.31. The zero-order chi connectivity index (χ0) is 10.6. The highest BCUT2D eigenvalue weighted by Crippen LogP contribution is 2.38. The Balaban J connectivity index is 2.31. The van der Waals surface area contributed by atoms with E-state index in [0.717, 1.165) is 24.9 Å². The zero-order valence-corrected chi connectivity index (χ0v) is 9.97. The van der Waals surface area contributed by atoms with Crippen LogP contribution in [-0.2, 0) is 0 Å². The van der Waals surface area contributed by atoms with Gasteiger partial charge < -0.3 is 5.32 Å². The van der Waals surface area contributed by atoms with Crippen molar-refractivity contribution in [3.63, 3.8) is 0 Å². The van der Waals surface area contributed by atoms with Crippen molar-refractivity contribution >= 4 is 0 Å². The highest BCUT2D eigenvalue weighted by atomic mass is 14.9. The third-order valence-corrected chi connectivity index (χ3v) is 3.45. The van der Waals surface area contributed by atoms with Gasteiger partial charge in [0.1, 0.15) is 0 Å². The molecular weight excluding hydrogens is 170 g/mol. The molecule has 1 aliphatic carbocycles. The van der Waals surface area contributed by atoms with Crippen molar-refractivity contribution in [2.45, 2.75) is 52.5 Å². The molecule has 82 valence electrons. The summed E-state index contributed by atoms with van der Waals surface area (Å²) in [6, 6.07) is 0.739. The van der Waals surface area contributed by atoms with Crippen LogP contribution < -0.4 is 5.32 Å². The monoisotopic (exact) mass is 195 g/mol. The fourth-order valence-corrected chi connectivity index (χ4v) is 2.62. The van der Waals surface area contributed by atoms with Gasteiger partial charge in [-0.05, 0) is 43.6 Å². The topological polar surface area (TPSA) is 12.0 Å². The summed E-state index contributed by atoms with van der Waals surface area (Å²) in [5.74, 6) is 0.823. The first kappa shape index (κ1) is 11.8. The van der Waals surface area contributed by atoms with Gasteiger partial charge in [0.05, 0.1) is 0 Å². The molecule has 0 bridgehead atoms. The zero-order valence-electron chi connectivity index (χ0n) is 9.97. The second-order valence-corrected chi connectivity index (χ2v) is 5.52. The Labute approximate surface area is 89.0 Å². The maximum atomic E-state index is 3.75. The Morgan fingerprint density at radius 2 is 2.21 bits per heavy atom. The lowest BCUT2D eigenvalue weighted by atomic mass is 9.70. The molecule has 1 rings (SSSR count). The maximum absolute atomic E-state index is 3.75. The Morgan fingerprint density at radius 1 is 1.50 bits per heavy atom. The SMILES string of the molecule is C=CCCNC1CCC(C)(C)CC1C. The van der Waals surface area contributed by atoms with Gasteiger partial charge >= 0.3 is 0 Å². The van der Waals surface area contributed by atoms with E-state index in [1.165, 1.54) is 19.3 Å². The van der Waals surface area contributed by atoms with Crippen molar-refractivity contribution in [1.29, 1.82) is 0 Å². The number of hydrogen-bond acceptors (Lipinski definition) is 1. The molecule has 0 aliphatic heterocycles. The van der Waals surface area contributed by atoms with E-state index in [0.29, 0.717) is 5.41 Å². The van der Waals surface area contributed by atoms with E-state index in [4.69, 9.17) is 0 Å². The lowest BCUT2D eigenvalue weighted by Crippen LogP contribution is -2.41. The van der Waals surface area contributed by atoms with Gasteiger partial charge in [-0.1, -0.05) is 26.8 Å². The average molecular weight is 195 g/mol. The van der Waals surface area contributed by atoms with Crippen LogP contribution in [0.25, 0.3) is 0 Å². The molecule has 0 spiro atoms. The highest BCUT2D eigenvalue weighted by molar-refractivity contribution is 4.87. The van der Waals surface area contributed by atoms with Crippen molar-refractivity contribution in [1.82, 2.24) is 5.32 Å². The Bertz CT molecular complexity index is 184. The quantitative estimate of drug-likeness (QED) is 0.536. The summed E-state index contributed by atoms with van der Waals surface area (Å²) in [6.45, 7) is 12.0. The largest absolute Gasteiger partial charge is 0.313 e. The van der Waals surface area contributed by atoms with Crippen LogP contribution in [-0.4, -0.2) is 12.6 Å². The Morgan fingerprint density at radius 3 is 2.79 bits per heavy atom. The van der Waals surface area contributed by atoms with Gasteiger partial charge in [-0.2, -0.15) is 0 Å². The molecule has 1 saturated carbocycles. The van der Waals surface area contributed by atoms with Crippen LogP contribution in [0.3, 0.4) is 0 Å². The molecule has 1 fully saturated rings. The molecule has 2 unspecified atom stereocenters. The first-order valence-corrected chi connectivity index (χ1v) is 5.89. The standard InChI is InChI=1S/C13H25N/c1-5-6-9-14-12-7-8-13(3,4)10-11(12)2/h5,11-12,14H,1,6-10H2,2-4H3. The van der Waals surface area contributed by atoms with E-state index >= 15 is 0 Å². The lowest BCUT2D eigenvalue weighted by molar-refractivity contribution is 0.149. The molecule has 0 saturated heterocycles. The van der Waals surface area contributed by atoms with Crippen LogP contribution in [0.1, 0.15) is 46.5 Å². The molecule has 0 aromatic heterocycles. The second-order valence-electron chi connectivity index (χ2n) is 5.52. The van der Waals surface area contributed by atoms with Gasteiger partial charge in [-0.25, -0.2) is 0 Å². The average Bonchev–Trinajstić information content (AvgIpc) is 2.08. The molecule has 0 radical (unpaired) electrons. The molecule has 0 heterocycles. The summed E-state index contributed by atoms with van der Waals surface area (Å²) >= 11 is 0. The summed E-state index contributed by atoms with van der Waals surface area (Å²) in [6.07, 6.45) is 7.14. The smallest absolute Gasteiger partial charge is 0.00932 e. The maximum Gasteiger partial charge on any atom is 0.00932 e. The number of hydrogen-bond donors (Lipinski definition) is 1. The normalized spacial score (nSPS) is 31.4. The van der Waals surface area contributed by atoms with E-state index in [2.05, 4.69) is 32.7 Å². The molecule has 14 heavy (non-hydrogen) atoms. The second kappa shape index (κ2) is 4.97. The molecule has 0 amide bonds. The summed E-state index contributed by atoms with van der Waals surface area (Å²) in [5, 5.41) is 3.64. The molecule has 0 aromatic carbocycles. The van der Waals surface area contributed by atoms with E-state index in [1.54, 1.807) is 0 Å². The summed E-state index contributed by atoms with van der Waals surface area (Å²) < 4.78 is 0.